The molecule has 0 aromatic heterocycles. The van der Waals surface area contributed by atoms with Crippen LogP contribution in [0, 0.1) is 11.8 Å². The van der Waals surface area contributed by atoms with Gasteiger partial charge in [-0.25, -0.2) is 0 Å². The lowest BCUT2D eigenvalue weighted by molar-refractivity contribution is -0.127. The van der Waals surface area contributed by atoms with Crippen LogP contribution < -0.4 is 0 Å². The summed E-state index contributed by atoms with van der Waals surface area (Å²) in [6.45, 7) is 3.50. The van der Waals surface area contributed by atoms with Crippen LogP contribution in [0.25, 0.3) is 0 Å². The minimum absolute atomic E-state index is 0.0440. The van der Waals surface area contributed by atoms with E-state index in [0.717, 1.165) is 12.8 Å². The third kappa shape index (κ3) is 1.88. The Morgan fingerprint density at radius 3 is 2.55 bits per heavy atom. The summed E-state index contributed by atoms with van der Waals surface area (Å²) in [7, 11) is 0. The highest BCUT2D eigenvalue weighted by molar-refractivity contribution is 5.89. The van der Waals surface area contributed by atoms with E-state index < -0.39 is 0 Å². The van der Waals surface area contributed by atoms with Gasteiger partial charge in [0.1, 0.15) is 11.6 Å². The quantitative estimate of drug-likeness (QED) is 0.605. The maximum Gasteiger partial charge on any atom is 0.139 e. The first-order valence-corrected chi connectivity index (χ1v) is 4.14. The molecule has 0 heterocycles. The third-order valence-corrected chi connectivity index (χ3v) is 2.37. The molecule has 1 fully saturated rings. The SMILES string of the molecule is CC(=O)C[C@@H]1CC[C@@H](C)C1=O. The smallest absolute Gasteiger partial charge is 0.139 e. The molecular formula is C9H14O2. The Balaban J connectivity index is 2.49. The van der Waals surface area contributed by atoms with Crippen molar-refractivity contribution >= 4 is 11.6 Å². The topological polar surface area (TPSA) is 34.1 Å². The van der Waals surface area contributed by atoms with Crippen molar-refractivity contribution in [2.24, 2.45) is 11.8 Å². The highest BCUT2D eigenvalue weighted by atomic mass is 16.1. The molecule has 0 aliphatic heterocycles. The lowest BCUT2D eigenvalue weighted by atomic mass is 9.99. The zero-order valence-electron chi connectivity index (χ0n) is 7.09. The van der Waals surface area contributed by atoms with Crippen molar-refractivity contribution in [2.45, 2.75) is 33.1 Å². The number of hydrogen-bond acceptors (Lipinski definition) is 2. The van der Waals surface area contributed by atoms with Gasteiger partial charge in [0, 0.05) is 18.3 Å². The van der Waals surface area contributed by atoms with Crippen LogP contribution in [0.5, 0.6) is 0 Å². The third-order valence-electron chi connectivity index (χ3n) is 2.37. The lowest BCUT2D eigenvalue weighted by Crippen LogP contribution is -2.14. The van der Waals surface area contributed by atoms with Crippen molar-refractivity contribution in [3.05, 3.63) is 0 Å². The molecule has 0 aromatic carbocycles. The minimum Gasteiger partial charge on any atom is -0.300 e. The number of Topliss-reactive ketones (excluding diaryl/α,β-unsaturated/α-hetero) is 2. The standard InChI is InChI=1S/C9H14O2/c1-6-3-4-8(9(6)11)5-7(2)10/h6,8H,3-5H2,1-2H3/t6-,8+/m1/s1. The molecule has 1 aliphatic rings. The molecule has 1 saturated carbocycles. The fourth-order valence-electron chi connectivity index (χ4n) is 1.69. The average Bonchev–Trinajstić information content (AvgIpc) is 2.18. The Kier molecular flexibility index (Phi) is 2.42. The van der Waals surface area contributed by atoms with Gasteiger partial charge in [-0.3, -0.25) is 4.79 Å². The number of ketones is 2. The predicted octanol–water partition coefficient (Wildman–Crippen LogP) is 1.58. The van der Waals surface area contributed by atoms with E-state index in [0.29, 0.717) is 12.2 Å². The Morgan fingerprint density at radius 2 is 2.18 bits per heavy atom. The average molecular weight is 154 g/mol. The van der Waals surface area contributed by atoms with Gasteiger partial charge >= 0.3 is 0 Å². The van der Waals surface area contributed by atoms with Crippen molar-refractivity contribution in [3.8, 4) is 0 Å². The monoisotopic (exact) mass is 154 g/mol. The van der Waals surface area contributed by atoms with E-state index in [2.05, 4.69) is 0 Å². The summed E-state index contributed by atoms with van der Waals surface area (Å²) >= 11 is 0. The highest BCUT2D eigenvalue weighted by Crippen LogP contribution is 2.29. The molecule has 1 rings (SSSR count). The molecule has 1 aliphatic carbocycles. The summed E-state index contributed by atoms with van der Waals surface area (Å²) in [6, 6.07) is 0. The zero-order valence-corrected chi connectivity index (χ0v) is 7.09. The molecule has 0 radical (unpaired) electrons. The summed E-state index contributed by atoms with van der Waals surface area (Å²) in [5, 5.41) is 0. The molecule has 0 N–H and O–H groups in total. The molecule has 11 heavy (non-hydrogen) atoms. The molecule has 2 heteroatoms. The Bertz CT molecular complexity index is 184. The van der Waals surface area contributed by atoms with Gasteiger partial charge in [0.2, 0.25) is 0 Å². The summed E-state index contributed by atoms with van der Waals surface area (Å²) in [4.78, 5) is 22.0. The second-order valence-electron chi connectivity index (χ2n) is 3.48. The van der Waals surface area contributed by atoms with Gasteiger partial charge in [-0.2, -0.15) is 0 Å². The minimum atomic E-state index is 0.0440. The fourth-order valence-corrected chi connectivity index (χ4v) is 1.69. The first-order chi connectivity index (χ1) is 5.11. The highest BCUT2D eigenvalue weighted by Gasteiger charge is 2.31. The van der Waals surface area contributed by atoms with Gasteiger partial charge in [-0.15, -0.1) is 0 Å². The summed E-state index contributed by atoms with van der Waals surface area (Å²) in [6.07, 6.45) is 2.35. The van der Waals surface area contributed by atoms with Gasteiger partial charge in [-0.1, -0.05) is 6.92 Å². The molecule has 0 amide bonds. The molecule has 62 valence electrons. The van der Waals surface area contributed by atoms with E-state index in [1.54, 1.807) is 6.92 Å². The number of carbonyl (C=O) groups is 2. The Morgan fingerprint density at radius 1 is 1.55 bits per heavy atom. The zero-order chi connectivity index (χ0) is 8.43. The molecule has 0 aromatic rings. The van der Waals surface area contributed by atoms with Crippen LogP contribution in [0.1, 0.15) is 33.1 Å². The van der Waals surface area contributed by atoms with Crippen LogP contribution in [0.2, 0.25) is 0 Å². The summed E-state index contributed by atoms with van der Waals surface area (Å²) < 4.78 is 0. The Labute approximate surface area is 67.0 Å². The maximum absolute atomic E-state index is 11.3. The van der Waals surface area contributed by atoms with E-state index in [-0.39, 0.29) is 17.6 Å². The van der Waals surface area contributed by atoms with Crippen LogP contribution in [0.15, 0.2) is 0 Å². The molecule has 2 nitrogen and oxygen atoms in total. The molecular weight excluding hydrogens is 140 g/mol. The second-order valence-corrected chi connectivity index (χ2v) is 3.48. The summed E-state index contributed by atoms with van der Waals surface area (Å²) in [5.74, 6) is 0.666. The fraction of sp³-hybridized carbons (Fsp3) is 0.778. The van der Waals surface area contributed by atoms with E-state index in [1.807, 2.05) is 6.92 Å². The van der Waals surface area contributed by atoms with Crippen molar-refractivity contribution in [3.63, 3.8) is 0 Å². The van der Waals surface area contributed by atoms with Crippen molar-refractivity contribution < 1.29 is 9.59 Å². The van der Waals surface area contributed by atoms with Gasteiger partial charge in [-0.05, 0) is 19.8 Å². The van der Waals surface area contributed by atoms with E-state index in [4.69, 9.17) is 0 Å². The summed E-state index contributed by atoms with van der Waals surface area (Å²) in [5.41, 5.74) is 0. The number of rotatable bonds is 2. The van der Waals surface area contributed by atoms with Gasteiger partial charge < -0.3 is 4.79 Å². The number of carbonyl (C=O) groups excluding carboxylic acids is 2. The number of hydrogen-bond donors (Lipinski definition) is 0. The molecule has 0 unspecified atom stereocenters. The first kappa shape index (κ1) is 8.44. The van der Waals surface area contributed by atoms with Crippen molar-refractivity contribution in [1.29, 1.82) is 0 Å². The first-order valence-electron chi connectivity index (χ1n) is 4.14. The van der Waals surface area contributed by atoms with Gasteiger partial charge in [0.25, 0.3) is 0 Å². The van der Waals surface area contributed by atoms with Crippen LogP contribution in [0.4, 0.5) is 0 Å². The largest absolute Gasteiger partial charge is 0.300 e. The maximum atomic E-state index is 11.3. The second kappa shape index (κ2) is 3.16. The van der Waals surface area contributed by atoms with Crippen LogP contribution in [-0.4, -0.2) is 11.6 Å². The molecule has 0 saturated heterocycles. The van der Waals surface area contributed by atoms with Crippen LogP contribution in [-0.2, 0) is 9.59 Å². The molecule has 0 spiro atoms. The van der Waals surface area contributed by atoms with Gasteiger partial charge in [0.05, 0.1) is 0 Å². The van der Waals surface area contributed by atoms with Crippen LogP contribution >= 0.6 is 0 Å². The van der Waals surface area contributed by atoms with Crippen LogP contribution in [0.3, 0.4) is 0 Å². The van der Waals surface area contributed by atoms with E-state index >= 15 is 0 Å². The Hall–Kier alpha value is -0.660. The molecule has 0 bridgehead atoms. The molecule has 2 atom stereocenters. The normalized spacial score (nSPS) is 30.9. The predicted molar refractivity (Wildman–Crippen MR) is 42.2 cm³/mol. The van der Waals surface area contributed by atoms with E-state index in [9.17, 15) is 9.59 Å². The van der Waals surface area contributed by atoms with Gasteiger partial charge in [0.15, 0.2) is 0 Å². The van der Waals surface area contributed by atoms with Crippen molar-refractivity contribution in [1.82, 2.24) is 0 Å². The lowest BCUT2D eigenvalue weighted by Gasteiger charge is -2.03. The van der Waals surface area contributed by atoms with E-state index in [1.165, 1.54) is 0 Å². The van der Waals surface area contributed by atoms with Crippen molar-refractivity contribution in [2.75, 3.05) is 0 Å².